The maximum atomic E-state index is 13.3. The highest BCUT2D eigenvalue weighted by molar-refractivity contribution is 5.23. The first-order chi connectivity index (χ1) is 15.5. The van der Waals surface area contributed by atoms with Gasteiger partial charge in [-0.2, -0.15) is 5.10 Å². The summed E-state index contributed by atoms with van der Waals surface area (Å²) in [7, 11) is 1.88. The van der Waals surface area contributed by atoms with Gasteiger partial charge in [0.25, 0.3) is 0 Å². The summed E-state index contributed by atoms with van der Waals surface area (Å²) >= 11 is 0. The maximum Gasteiger partial charge on any atom is 0.162 e. The summed E-state index contributed by atoms with van der Waals surface area (Å²) < 4.78 is 39.7. The monoisotopic (exact) mass is 443 g/mol. The summed E-state index contributed by atoms with van der Waals surface area (Å²) in [5.74, 6) is -0.658. The predicted octanol–water partition coefficient (Wildman–Crippen LogP) is 3.25. The van der Waals surface area contributed by atoms with E-state index in [-0.39, 0.29) is 6.10 Å². The third kappa shape index (κ3) is 5.46. The molecule has 0 N–H and O–H groups in total. The summed E-state index contributed by atoms with van der Waals surface area (Å²) in [4.78, 5) is 11.1. The lowest BCUT2D eigenvalue weighted by Gasteiger charge is -2.32. The van der Waals surface area contributed by atoms with E-state index in [1.165, 1.54) is 6.07 Å². The van der Waals surface area contributed by atoms with E-state index in [1.54, 1.807) is 0 Å². The topological polar surface area (TPSA) is 65.3 Å². The molecule has 4 rings (SSSR count). The van der Waals surface area contributed by atoms with Gasteiger partial charge in [-0.3, -0.25) is 9.58 Å². The zero-order valence-corrected chi connectivity index (χ0v) is 18.3. The van der Waals surface area contributed by atoms with Gasteiger partial charge in [0, 0.05) is 69.2 Å². The Morgan fingerprint density at radius 1 is 1.16 bits per heavy atom. The lowest BCUT2D eigenvalue weighted by Crippen LogP contribution is -2.38. The van der Waals surface area contributed by atoms with Crippen LogP contribution in [0.3, 0.4) is 0 Å². The quantitative estimate of drug-likeness (QED) is 0.533. The van der Waals surface area contributed by atoms with Crippen LogP contribution in [0.2, 0.25) is 0 Å². The summed E-state index contributed by atoms with van der Waals surface area (Å²) in [6, 6.07) is 5.54. The molecule has 9 heteroatoms. The molecule has 0 amide bonds. The lowest BCUT2D eigenvalue weighted by atomic mass is 10.1. The van der Waals surface area contributed by atoms with Crippen molar-refractivity contribution in [1.82, 2.24) is 24.6 Å². The Hall–Kier alpha value is -2.91. The molecule has 7 nitrogen and oxygen atoms in total. The number of halogens is 2. The van der Waals surface area contributed by atoms with Crippen LogP contribution in [-0.4, -0.2) is 51.0 Å². The Morgan fingerprint density at radius 2 is 1.97 bits per heavy atom. The average Bonchev–Trinajstić information content (AvgIpc) is 3.17. The van der Waals surface area contributed by atoms with Crippen LogP contribution in [0, 0.1) is 11.6 Å². The molecule has 2 aromatic heterocycles. The molecule has 0 unspecified atom stereocenters. The zero-order chi connectivity index (χ0) is 22.5. The van der Waals surface area contributed by atoms with E-state index in [4.69, 9.17) is 9.47 Å². The molecule has 1 aliphatic heterocycles. The normalized spacial score (nSPS) is 16.9. The number of benzene rings is 1. The van der Waals surface area contributed by atoms with Crippen LogP contribution in [0.25, 0.3) is 0 Å². The molecule has 0 radical (unpaired) electrons. The second-order valence-corrected chi connectivity index (χ2v) is 7.81. The van der Waals surface area contributed by atoms with Crippen molar-refractivity contribution in [3.05, 3.63) is 71.1 Å². The molecule has 170 valence electrons. The molecule has 0 spiro atoms. The smallest absolute Gasteiger partial charge is 0.162 e. The minimum absolute atomic E-state index is 0.119. The highest BCUT2D eigenvalue weighted by Gasteiger charge is 2.25. The highest BCUT2D eigenvalue weighted by Crippen LogP contribution is 2.23. The van der Waals surface area contributed by atoms with E-state index in [9.17, 15) is 8.78 Å². The van der Waals surface area contributed by atoms with Gasteiger partial charge in [0.2, 0.25) is 0 Å². The fourth-order valence-electron chi connectivity index (χ4n) is 3.69. The van der Waals surface area contributed by atoms with Crippen molar-refractivity contribution in [2.75, 3.05) is 26.3 Å². The number of aromatic nitrogens is 4. The van der Waals surface area contributed by atoms with Crippen LogP contribution < -0.4 is 4.74 Å². The number of hydrogen-bond donors (Lipinski definition) is 0. The van der Waals surface area contributed by atoms with Gasteiger partial charge in [0.05, 0.1) is 18.9 Å². The Morgan fingerprint density at radius 3 is 2.72 bits per heavy atom. The van der Waals surface area contributed by atoms with Crippen molar-refractivity contribution < 1.29 is 18.3 Å². The third-order valence-electron chi connectivity index (χ3n) is 5.48. The van der Waals surface area contributed by atoms with Gasteiger partial charge in [-0.1, -0.05) is 6.92 Å². The van der Waals surface area contributed by atoms with Crippen LogP contribution >= 0.6 is 0 Å². The van der Waals surface area contributed by atoms with E-state index in [2.05, 4.69) is 20.0 Å². The fourth-order valence-corrected chi connectivity index (χ4v) is 3.69. The van der Waals surface area contributed by atoms with Crippen LogP contribution in [0.15, 0.2) is 36.7 Å². The molecule has 1 atom stereocenters. The van der Waals surface area contributed by atoms with Crippen LogP contribution in [0.1, 0.15) is 35.8 Å². The van der Waals surface area contributed by atoms with Gasteiger partial charge in [-0.25, -0.2) is 18.7 Å². The summed E-state index contributed by atoms with van der Waals surface area (Å²) in [6.07, 6.45) is 5.07. The minimum Gasteiger partial charge on any atom is -0.493 e. The highest BCUT2D eigenvalue weighted by atomic mass is 19.2. The van der Waals surface area contributed by atoms with Crippen molar-refractivity contribution >= 4 is 0 Å². The number of hydrogen-bond acceptors (Lipinski definition) is 6. The van der Waals surface area contributed by atoms with Crippen molar-refractivity contribution in [3.63, 3.8) is 0 Å². The zero-order valence-electron chi connectivity index (χ0n) is 18.3. The van der Waals surface area contributed by atoms with Gasteiger partial charge in [0.15, 0.2) is 11.6 Å². The van der Waals surface area contributed by atoms with Crippen molar-refractivity contribution in [3.8, 4) is 5.75 Å². The second kappa shape index (κ2) is 10.1. The number of ether oxygens (including phenoxy) is 2. The number of aryl methyl sites for hydroxylation is 2. The number of nitrogens with zero attached hydrogens (tertiary/aromatic N) is 5. The molecule has 3 aromatic rings. The maximum absolute atomic E-state index is 13.3. The van der Waals surface area contributed by atoms with Gasteiger partial charge >= 0.3 is 0 Å². The third-order valence-corrected chi connectivity index (χ3v) is 5.48. The number of rotatable bonds is 8. The first kappa shape index (κ1) is 22.3. The first-order valence-electron chi connectivity index (χ1n) is 10.8. The van der Waals surface area contributed by atoms with E-state index in [1.807, 2.05) is 37.1 Å². The Bertz CT molecular complexity index is 1040. The minimum atomic E-state index is -0.919. The molecule has 0 aliphatic carbocycles. The largest absolute Gasteiger partial charge is 0.493 e. The molecule has 1 aromatic carbocycles. The summed E-state index contributed by atoms with van der Waals surface area (Å²) in [6.45, 7) is 5.34. The lowest BCUT2D eigenvalue weighted by molar-refractivity contribution is -0.0352. The van der Waals surface area contributed by atoms with Crippen LogP contribution in [0.4, 0.5) is 8.78 Å². The molecule has 1 fully saturated rings. The molecule has 0 bridgehead atoms. The molecule has 3 heterocycles. The Kier molecular flexibility index (Phi) is 7.06. The van der Waals surface area contributed by atoms with Gasteiger partial charge in [-0.05, 0) is 18.2 Å². The molecule has 0 saturated carbocycles. The van der Waals surface area contributed by atoms with Crippen molar-refractivity contribution in [2.24, 2.45) is 7.05 Å². The molecule has 1 aliphatic rings. The van der Waals surface area contributed by atoms with E-state index in [0.717, 1.165) is 61.0 Å². The van der Waals surface area contributed by atoms with Crippen molar-refractivity contribution in [2.45, 2.75) is 32.4 Å². The van der Waals surface area contributed by atoms with Crippen LogP contribution in [-0.2, 0) is 31.2 Å². The standard InChI is InChI=1S/C23H27F2N5O2/c1-3-23-26-12-16(13-27-23)14-30-7-9-32-22(15-30)21-10-17(29(2)28-21)6-8-31-18-4-5-19(24)20(25)11-18/h4-5,10-13,22H,3,6-9,14-15H2,1-2H3/t22-/m1/s1. The second-order valence-electron chi connectivity index (χ2n) is 7.81. The van der Waals surface area contributed by atoms with E-state index >= 15 is 0 Å². The fraction of sp³-hybridized carbons (Fsp3) is 0.435. The Balaban J connectivity index is 1.33. The molecular weight excluding hydrogens is 416 g/mol. The van der Waals surface area contributed by atoms with E-state index < -0.39 is 11.6 Å². The summed E-state index contributed by atoms with van der Waals surface area (Å²) in [5, 5.41) is 4.62. The van der Waals surface area contributed by atoms with Gasteiger partial charge in [0.1, 0.15) is 17.7 Å². The first-order valence-corrected chi connectivity index (χ1v) is 10.8. The predicted molar refractivity (Wildman–Crippen MR) is 114 cm³/mol. The SMILES string of the molecule is CCc1ncc(CN2CCO[C@@H](c3cc(CCOc4ccc(F)c(F)c4)n(C)n3)C2)cn1. The molecule has 32 heavy (non-hydrogen) atoms. The van der Waals surface area contributed by atoms with Gasteiger partial charge < -0.3 is 9.47 Å². The summed E-state index contributed by atoms with van der Waals surface area (Å²) in [5.41, 5.74) is 2.93. The number of morpholine rings is 1. The average molecular weight is 443 g/mol. The molecule has 1 saturated heterocycles. The van der Waals surface area contributed by atoms with Crippen molar-refractivity contribution in [1.29, 1.82) is 0 Å². The van der Waals surface area contributed by atoms with Crippen LogP contribution in [0.5, 0.6) is 5.75 Å². The Labute approximate surface area is 186 Å². The molecular formula is C23H27F2N5O2. The van der Waals surface area contributed by atoms with E-state index in [0.29, 0.717) is 25.4 Å². The van der Waals surface area contributed by atoms with Gasteiger partial charge in [-0.15, -0.1) is 0 Å².